The Hall–Kier alpha value is -0.320. The summed E-state index contributed by atoms with van der Waals surface area (Å²) in [6.45, 7) is 10.4. The van der Waals surface area contributed by atoms with Crippen LogP contribution in [0.5, 0.6) is 0 Å². The van der Waals surface area contributed by atoms with Crippen molar-refractivity contribution in [1.82, 2.24) is 9.80 Å². The van der Waals surface area contributed by atoms with Gasteiger partial charge in [-0.2, -0.15) is 0 Å². The topological polar surface area (TPSA) is 49.6 Å². The number of carbonyl (C=O) groups excluding carboxylic acids is 1. The molecule has 102 valence electrons. The molecule has 0 radical (unpaired) electrons. The van der Waals surface area contributed by atoms with Gasteiger partial charge in [-0.25, -0.2) is 0 Å². The first kappa shape index (κ1) is 16.7. The highest BCUT2D eigenvalue weighted by molar-refractivity contribution is 5.85. The molecule has 1 saturated heterocycles. The van der Waals surface area contributed by atoms with Crippen LogP contribution in [0.2, 0.25) is 0 Å². The van der Waals surface area contributed by atoms with Gasteiger partial charge in [-0.05, 0) is 46.2 Å². The summed E-state index contributed by atoms with van der Waals surface area (Å²) in [6, 6.07) is 0.0106. The zero-order valence-electron chi connectivity index (χ0n) is 11.2. The number of halogens is 1. The summed E-state index contributed by atoms with van der Waals surface area (Å²) in [4.78, 5) is 16.3. The van der Waals surface area contributed by atoms with Crippen molar-refractivity contribution < 1.29 is 4.79 Å². The van der Waals surface area contributed by atoms with Crippen molar-refractivity contribution in [2.75, 3.05) is 32.7 Å². The maximum Gasteiger partial charge on any atom is 0.239 e. The minimum atomic E-state index is 0. The van der Waals surface area contributed by atoms with Gasteiger partial charge in [0, 0.05) is 19.6 Å². The molecule has 5 heteroatoms. The molecular formula is C12H26ClN3O. The Morgan fingerprint density at radius 1 is 1.47 bits per heavy atom. The van der Waals surface area contributed by atoms with Crippen LogP contribution in [0.15, 0.2) is 0 Å². The Morgan fingerprint density at radius 3 is 2.47 bits per heavy atom. The van der Waals surface area contributed by atoms with Crippen molar-refractivity contribution in [1.29, 1.82) is 0 Å². The molecule has 0 bridgehead atoms. The lowest BCUT2D eigenvalue weighted by molar-refractivity contribution is -0.135. The van der Waals surface area contributed by atoms with Gasteiger partial charge >= 0.3 is 0 Å². The molecular weight excluding hydrogens is 238 g/mol. The highest BCUT2D eigenvalue weighted by atomic mass is 35.5. The molecule has 0 aromatic heterocycles. The molecule has 1 aliphatic heterocycles. The number of nitrogens with zero attached hydrogens (tertiary/aromatic N) is 2. The predicted molar refractivity (Wildman–Crippen MR) is 73.4 cm³/mol. The number of amides is 1. The highest BCUT2D eigenvalue weighted by Gasteiger charge is 2.30. The standard InChI is InChI=1S/C12H25N3O.ClH/c1-4-14(5-2)12(16)10(3)15-7-6-11(8-13)9-15;/h10-11H,4-9,13H2,1-3H3;1H. The van der Waals surface area contributed by atoms with Gasteiger partial charge < -0.3 is 10.6 Å². The van der Waals surface area contributed by atoms with Gasteiger partial charge in [0.1, 0.15) is 0 Å². The number of likely N-dealkylation sites (N-methyl/N-ethyl adjacent to an activating group) is 1. The van der Waals surface area contributed by atoms with Crippen LogP contribution in [0.3, 0.4) is 0 Å². The molecule has 0 saturated carbocycles. The number of hydrogen-bond acceptors (Lipinski definition) is 3. The third-order valence-electron chi connectivity index (χ3n) is 3.63. The van der Waals surface area contributed by atoms with E-state index in [0.717, 1.165) is 39.1 Å². The lowest BCUT2D eigenvalue weighted by Crippen LogP contribution is -2.46. The van der Waals surface area contributed by atoms with Crippen molar-refractivity contribution in [2.24, 2.45) is 11.7 Å². The van der Waals surface area contributed by atoms with Gasteiger partial charge in [0.15, 0.2) is 0 Å². The molecule has 2 unspecified atom stereocenters. The molecule has 1 rings (SSSR count). The zero-order valence-corrected chi connectivity index (χ0v) is 12.0. The summed E-state index contributed by atoms with van der Waals surface area (Å²) in [6.07, 6.45) is 1.13. The molecule has 1 heterocycles. The smallest absolute Gasteiger partial charge is 0.239 e. The molecule has 1 aliphatic rings. The minimum Gasteiger partial charge on any atom is -0.342 e. The van der Waals surface area contributed by atoms with Crippen LogP contribution in [0, 0.1) is 5.92 Å². The Morgan fingerprint density at radius 2 is 2.06 bits per heavy atom. The van der Waals surface area contributed by atoms with Crippen LogP contribution >= 0.6 is 12.4 Å². The van der Waals surface area contributed by atoms with Crippen LogP contribution in [-0.2, 0) is 4.79 Å². The first-order valence-corrected chi connectivity index (χ1v) is 6.36. The van der Waals surface area contributed by atoms with E-state index in [9.17, 15) is 4.79 Å². The number of nitrogens with two attached hydrogens (primary N) is 1. The SMILES string of the molecule is CCN(CC)C(=O)C(C)N1CCC(CN)C1.Cl. The maximum atomic E-state index is 12.1. The van der Waals surface area contributed by atoms with Crippen molar-refractivity contribution in [3.8, 4) is 0 Å². The predicted octanol–water partition coefficient (Wildman–Crippen LogP) is 0.946. The fourth-order valence-electron chi connectivity index (χ4n) is 2.36. The van der Waals surface area contributed by atoms with E-state index in [1.807, 2.05) is 25.7 Å². The highest BCUT2D eigenvalue weighted by Crippen LogP contribution is 2.18. The van der Waals surface area contributed by atoms with E-state index >= 15 is 0 Å². The van der Waals surface area contributed by atoms with Gasteiger partial charge in [-0.1, -0.05) is 0 Å². The van der Waals surface area contributed by atoms with E-state index in [0.29, 0.717) is 5.92 Å². The average Bonchev–Trinajstić information content (AvgIpc) is 2.78. The second-order valence-corrected chi connectivity index (χ2v) is 4.57. The summed E-state index contributed by atoms with van der Waals surface area (Å²) < 4.78 is 0. The average molecular weight is 264 g/mol. The van der Waals surface area contributed by atoms with Gasteiger partial charge in [-0.15, -0.1) is 12.4 Å². The molecule has 1 fully saturated rings. The number of hydrogen-bond donors (Lipinski definition) is 1. The summed E-state index contributed by atoms with van der Waals surface area (Å²) in [5.41, 5.74) is 5.66. The van der Waals surface area contributed by atoms with Crippen LogP contribution < -0.4 is 5.73 Å². The van der Waals surface area contributed by atoms with Crippen molar-refractivity contribution in [2.45, 2.75) is 33.2 Å². The molecule has 0 aromatic rings. The zero-order chi connectivity index (χ0) is 12.1. The first-order valence-electron chi connectivity index (χ1n) is 6.36. The van der Waals surface area contributed by atoms with Crippen LogP contribution in [0.25, 0.3) is 0 Å². The largest absolute Gasteiger partial charge is 0.342 e. The molecule has 0 aliphatic carbocycles. The lowest BCUT2D eigenvalue weighted by Gasteiger charge is -2.29. The maximum absolute atomic E-state index is 12.1. The summed E-state index contributed by atoms with van der Waals surface area (Å²) >= 11 is 0. The minimum absolute atomic E-state index is 0. The van der Waals surface area contributed by atoms with E-state index in [4.69, 9.17) is 5.73 Å². The Labute approximate surface area is 111 Å². The first-order chi connectivity index (χ1) is 7.63. The van der Waals surface area contributed by atoms with E-state index in [2.05, 4.69) is 4.90 Å². The molecule has 2 N–H and O–H groups in total. The Kier molecular flexibility index (Phi) is 7.75. The normalized spacial score (nSPS) is 22.0. The second-order valence-electron chi connectivity index (χ2n) is 4.57. The molecule has 1 amide bonds. The summed E-state index contributed by atoms with van der Waals surface area (Å²) in [7, 11) is 0. The quantitative estimate of drug-likeness (QED) is 0.803. The Balaban J connectivity index is 0.00000256. The Bertz CT molecular complexity index is 234. The monoisotopic (exact) mass is 263 g/mol. The van der Waals surface area contributed by atoms with Gasteiger partial charge in [0.25, 0.3) is 0 Å². The molecule has 4 nitrogen and oxygen atoms in total. The van der Waals surface area contributed by atoms with Gasteiger partial charge in [0.2, 0.25) is 5.91 Å². The van der Waals surface area contributed by atoms with E-state index in [1.165, 1.54) is 0 Å². The van der Waals surface area contributed by atoms with Crippen molar-refractivity contribution >= 4 is 18.3 Å². The second kappa shape index (κ2) is 7.90. The summed E-state index contributed by atoms with van der Waals surface area (Å²) in [5, 5.41) is 0. The van der Waals surface area contributed by atoms with Crippen molar-refractivity contribution in [3.63, 3.8) is 0 Å². The van der Waals surface area contributed by atoms with Crippen molar-refractivity contribution in [3.05, 3.63) is 0 Å². The number of rotatable bonds is 5. The van der Waals surface area contributed by atoms with Gasteiger partial charge in [0.05, 0.1) is 6.04 Å². The molecule has 0 spiro atoms. The fraction of sp³-hybridized carbons (Fsp3) is 0.917. The van der Waals surface area contributed by atoms with E-state index < -0.39 is 0 Å². The van der Waals surface area contributed by atoms with Crippen LogP contribution in [0.4, 0.5) is 0 Å². The molecule has 2 atom stereocenters. The van der Waals surface area contributed by atoms with Crippen LogP contribution in [0.1, 0.15) is 27.2 Å². The molecule has 17 heavy (non-hydrogen) atoms. The molecule has 0 aromatic carbocycles. The number of likely N-dealkylation sites (tertiary alicyclic amines) is 1. The number of carbonyl (C=O) groups is 1. The van der Waals surface area contributed by atoms with E-state index in [1.54, 1.807) is 0 Å². The third kappa shape index (κ3) is 4.12. The van der Waals surface area contributed by atoms with E-state index in [-0.39, 0.29) is 24.4 Å². The lowest BCUT2D eigenvalue weighted by atomic mass is 10.1. The van der Waals surface area contributed by atoms with Gasteiger partial charge in [-0.3, -0.25) is 9.69 Å². The van der Waals surface area contributed by atoms with Crippen LogP contribution in [-0.4, -0.2) is 54.5 Å². The fourth-order valence-corrected chi connectivity index (χ4v) is 2.36. The third-order valence-corrected chi connectivity index (χ3v) is 3.63. The summed E-state index contributed by atoms with van der Waals surface area (Å²) in [5.74, 6) is 0.828.